The third-order valence-corrected chi connectivity index (χ3v) is 8.03. The van der Waals surface area contributed by atoms with Gasteiger partial charge in [0.15, 0.2) is 0 Å². The van der Waals surface area contributed by atoms with Crippen LogP contribution in [0.5, 0.6) is 0 Å². The average molecular weight is 313 g/mol. The van der Waals surface area contributed by atoms with Crippen molar-refractivity contribution in [3.05, 3.63) is 29.3 Å². The van der Waals surface area contributed by atoms with E-state index in [1.54, 1.807) is 26.0 Å². The quantitative estimate of drug-likeness (QED) is 0.507. The third kappa shape index (κ3) is 5.69. The standard InChI is InChI=1S/C10H14ClO3PS2/c1-3-13-15(12,14-4-2)17-16-10-7-5-9(11)6-8-10/h5-8H,3-4H2,1-2H3. The number of rotatable bonds is 7. The summed E-state index contributed by atoms with van der Waals surface area (Å²) in [7, 11) is 2.48. The molecule has 17 heavy (non-hydrogen) atoms. The van der Waals surface area contributed by atoms with Gasteiger partial charge in [-0.2, -0.15) is 0 Å². The zero-order valence-electron chi connectivity index (χ0n) is 9.59. The molecule has 0 aliphatic rings. The van der Waals surface area contributed by atoms with E-state index >= 15 is 0 Å². The van der Waals surface area contributed by atoms with E-state index in [2.05, 4.69) is 0 Å². The van der Waals surface area contributed by atoms with Crippen LogP contribution in [0.4, 0.5) is 0 Å². The van der Waals surface area contributed by atoms with Crippen molar-refractivity contribution in [2.45, 2.75) is 18.7 Å². The fourth-order valence-electron chi connectivity index (χ4n) is 0.975. The summed E-state index contributed by atoms with van der Waals surface area (Å²) in [5.74, 6) is 0. The van der Waals surface area contributed by atoms with Crippen LogP contribution in [0.1, 0.15) is 13.8 Å². The van der Waals surface area contributed by atoms with Gasteiger partial charge in [0.2, 0.25) is 0 Å². The summed E-state index contributed by atoms with van der Waals surface area (Å²) in [5.41, 5.74) is 0. The van der Waals surface area contributed by atoms with Crippen molar-refractivity contribution in [3.8, 4) is 0 Å². The van der Waals surface area contributed by atoms with Gasteiger partial charge in [0.25, 0.3) is 0 Å². The molecule has 0 fully saturated rings. The van der Waals surface area contributed by atoms with Crippen molar-refractivity contribution < 1.29 is 13.6 Å². The summed E-state index contributed by atoms with van der Waals surface area (Å²) < 4.78 is 22.5. The fraction of sp³-hybridized carbons (Fsp3) is 0.400. The molecule has 0 N–H and O–H groups in total. The van der Waals surface area contributed by atoms with Gasteiger partial charge in [-0.05, 0) is 48.9 Å². The molecule has 0 aliphatic carbocycles. The minimum Gasteiger partial charge on any atom is -0.300 e. The van der Waals surface area contributed by atoms with Gasteiger partial charge in [-0.3, -0.25) is 0 Å². The lowest BCUT2D eigenvalue weighted by Crippen LogP contribution is -1.90. The Hall–Kier alpha value is 0.360. The molecule has 1 aromatic carbocycles. The highest BCUT2D eigenvalue weighted by Gasteiger charge is 2.25. The second-order valence-corrected chi connectivity index (χ2v) is 9.16. The van der Waals surface area contributed by atoms with E-state index in [4.69, 9.17) is 20.6 Å². The molecule has 0 bridgehead atoms. The zero-order valence-corrected chi connectivity index (χ0v) is 12.9. The van der Waals surface area contributed by atoms with Gasteiger partial charge in [0, 0.05) is 20.3 Å². The first-order chi connectivity index (χ1) is 8.09. The third-order valence-electron chi connectivity index (χ3n) is 1.61. The number of hydrogen-bond donors (Lipinski definition) is 0. The summed E-state index contributed by atoms with van der Waals surface area (Å²) in [6.45, 7) is 1.26. The summed E-state index contributed by atoms with van der Waals surface area (Å²) in [4.78, 5) is 0.957. The van der Waals surface area contributed by atoms with E-state index in [0.29, 0.717) is 18.2 Å². The Bertz CT molecular complexity index is 376. The van der Waals surface area contributed by atoms with Gasteiger partial charge in [0.05, 0.1) is 13.2 Å². The Labute approximate surface area is 114 Å². The second kappa shape index (κ2) is 7.72. The highest BCUT2D eigenvalue weighted by atomic mass is 35.5. The maximum Gasteiger partial charge on any atom is 0.399 e. The first-order valence-corrected chi connectivity index (χ1v) is 9.78. The summed E-state index contributed by atoms with van der Waals surface area (Å²) in [5, 5.41) is 0.678. The molecule has 0 aromatic heterocycles. The summed E-state index contributed by atoms with van der Waals surface area (Å²) in [6.07, 6.45) is 0. The molecule has 1 aromatic rings. The first kappa shape index (κ1) is 15.4. The SMILES string of the molecule is CCOP(=O)(OCC)SSc1ccc(Cl)cc1. The molecule has 96 valence electrons. The molecule has 0 aliphatic heterocycles. The van der Waals surface area contributed by atoms with Crippen LogP contribution < -0.4 is 0 Å². The van der Waals surface area contributed by atoms with Crippen molar-refractivity contribution in [2.75, 3.05) is 13.2 Å². The second-order valence-electron chi connectivity index (χ2n) is 2.89. The Morgan fingerprint density at radius 1 is 1.18 bits per heavy atom. The number of hydrogen-bond acceptors (Lipinski definition) is 5. The molecule has 0 unspecified atom stereocenters. The van der Waals surface area contributed by atoms with Gasteiger partial charge in [-0.25, -0.2) is 4.57 Å². The highest BCUT2D eigenvalue weighted by Crippen LogP contribution is 2.66. The largest absolute Gasteiger partial charge is 0.399 e. The van der Waals surface area contributed by atoms with Crippen LogP contribution in [0.3, 0.4) is 0 Å². The van der Waals surface area contributed by atoms with E-state index in [-0.39, 0.29) is 0 Å². The van der Waals surface area contributed by atoms with Gasteiger partial charge in [-0.1, -0.05) is 11.6 Å². The number of benzene rings is 1. The van der Waals surface area contributed by atoms with E-state index in [0.717, 1.165) is 15.3 Å². The molecular weight excluding hydrogens is 299 g/mol. The predicted octanol–water partition coefficient (Wildman–Crippen LogP) is 5.26. The lowest BCUT2D eigenvalue weighted by Gasteiger charge is -2.14. The molecule has 0 spiro atoms. The van der Waals surface area contributed by atoms with Crippen molar-refractivity contribution in [3.63, 3.8) is 0 Å². The first-order valence-electron chi connectivity index (χ1n) is 5.10. The van der Waals surface area contributed by atoms with Crippen molar-refractivity contribution in [2.24, 2.45) is 0 Å². The van der Waals surface area contributed by atoms with Crippen molar-refractivity contribution in [1.82, 2.24) is 0 Å². The average Bonchev–Trinajstić information content (AvgIpc) is 2.29. The van der Waals surface area contributed by atoms with Crippen LogP contribution >= 0.6 is 39.6 Å². The molecule has 3 nitrogen and oxygen atoms in total. The predicted molar refractivity (Wildman–Crippen MR) is 75.8 cm³/mol. The zero-order chi connectivity index (χ0) is 12.7. The summed E-state index contributed by atoms with van der Waals surface area (Å²) >= 11 is 5.78. The van der Waals surface area contributed by atoms with Crippen LogP contribution in [0.2, 0.25) is 5.02 Å². The Balaban J connectivity index is 2.57. The molecule has 0 atom stereocenters. The molecule has 0 amide bonds. The minimum atomic E-state index is -3.05. The van der Waals surface area contributed by atoms with Gasteiger partial charge >= 0.3 is 6.80 Å². The topological polar surface area (TPSA) is 35.5 Å². The fourth-order valence-corrected chi connectivity index (χ4v) is 6.45. The monoisotopic (exact) mass is 312 g/mol. The maximum absolute atomic E-state index is 12.1. The van der Waals surface area contributed by atoms with Crippen LogP contribution in [0.25, 0.3) is 0 Å². The van der Waals surface area contributed by atoms with Gasteiger partial charge < -0.3 is 9.05 Å². The lowest BCUT2D eigenvalue weighted by molar-refractivity contribution is 0.237. The van der Waals surface area contributed by atoms with Gasteiger partial charge in [-0.15, -0.1) is 0 Å². The molecular formula is C10H14ClO3PS2. The molecule has 1 rings (SSSR count). The summed E-state index contributed by atoms with van der Waals surface area (Å²) in [6, 6.07) is 7.30. The van der Waals surface area contributed by atoms with E-state index < -0.39 is 6.80 Å². The van der Waals surface area contributed by atoms with Crippen LogP contribution in [-0.2, 0) is 13.6 Å². The molecule has 0 saturated heterocycles. The van der Waals surface area contributed by atoms with Gasteiger partial charge in [0.1, 0.15) is 0 Å². The van der Waals surface area contributed by atoms with Crippen molar-refractivity contribution >= 4 is 39.6 Å². The van der Waals surface area contributed by atoms with E-state index in [9.17, 15) is 4.57 Å². The number of halogens is 1. The minimum absolute atomic E-state index is 0.367. The van der Waals surface area contributed by atoms with E-state index in [1.165, 1.54) is 10.8 Å². The molecule has 0 heterocycles. The molecule has 0 saturated carbocycles. The van der Waals surface area contributed by atoms with Crippen molar-refractivity contribution in [1.29, 1.82) is 0 Å². The molecule has 7 heteroatoms. The maximum atomic E-state index is 12.1. The van der Waals surface area contributed by atoms with Crippen LogP contribution in [-0.4, -0.2) is 13.2 Å². The smallest absolute Gasteiger partial charge is 0.300 e. The lowest BCUT2D eigenvalue weighted by atomic mass is 10.4. The Morgan fingerprint density at radius 3 is 2.18 bits per heavy atom. The van der Waals surface area contributed by atoms with Crippen LogP contribution in [0, 0.1) is 0 Å². The van der Waals surface area contributed by atoms with Crippen LogP contribution in [0.15, 0.2) is 29.2 Å². The molecule has 0 radical (unpaired) electrons. The Kier molecular flexibility index (Phi) is 7.00. The highest BCUT2D eigenvalue weighted by molar-refractivity contribution is 8.98. The Morgan fingerprint density at radius 2 is 1.71 bits per heavy atom. The normalized spacial score (nSPS) is 11.7. The van der Waals surface area contributed by atoms with E-state index in [1.807, 2.05) is 12.1 Å².